The number of likely N-dealkylation sites (tertiary alicyclic amines) is 1. The van der Waals surface area contributed by atoms with E-state index in [9.17, 15) is 24.3 Å². The van der Waals surface area contributed by atoms with Crippen LogP contribution in [0.25, 0.3) is 10.9 Å². The molecule has 1 aromatic heterocycles. The van der Waals surface area contributed by atoms with Gasteiger partial charge in [0.2, 0.25) is 17.7 Å². The van der Waals surface area contributed by atoms with Crippen molar-refractivity contribution in [3.05, 3.63) is 36.0 Å². The van der Waals surface area contributed by atoms with Gasteiger partial charge in [0.1, 0.15) is 18.1 Å². The first-order valence-electron chi connectivity index (χ1n) is 13.2. The van der Waals surface area contributed by atoms with Gasteiger partial charge in [-0.1, -0.05) is 38.5 Å². The fraction of sp³-hybridized carbons (Fsp3) is 0.556. The Morgan fingerprint density at radius 1 is 1.14 bits per heavy atom. The Morgan fingerprint density at radius 2 is 1.92 bits per heavy atom. The highest BCUT2D eigenvalue weighted by atomic mass is 16.4. The van der Waals surface area contributed by atoms with Gasteiger partial charge in [-0.25, -0.2) is 4.79 Å². The summed E-state index contributed by atoms with van der Waals surface area (Å²) in [5, 5.41) is 19.3. The van der Waals surface area contributed by atoms with Gasteiger partial charge in [-0.2, -0.15) is 0 Å². The topological polar surface area (TPSA) is 144 Å². The second-order valence-electron chi connectivity index (χ2n) is 10.2. The molecule has 200 valence electrons. The molecule has 0 radical (unpaired) electrons. The smallest absolute Gasteiger partial charge is 0.326 e. The number of amides is 3. The van der Waals surface area contributed by atoms with Crippen LogP contribution in [0.3, 0.4) is 0 Å². The quantitative estimate of drug-likeness (QED) is 0.328. The minimum atomic E-state index is -1.11. The predicted octanol–water partition coefficient (Wildman–Crippen LogP) is 1.55. The van der Waals surface area contributed by atoms with Crippen molar-refractivity contribution < 1.29 is 24.3 Å². The third-order valence-electron chi connectivity index (χ3n) is 7.71. The number of carboxylic acids is 1. The molecule has 0 spiro atoms. The van der Waals surface area contributed by atoms with Crippen molar-refractivity contribution in [2.24, 2.45) is 5.92 Å². The van der Waals surface area contributed by atoms with Crippen molar-refractivity contribution in [2.45, 2.75) is 76.5 Å². The molecular weight excluding hydrogens is 474 g/mol. The maximum atomic E-state index is 13.5. The van der Waals surface area contributed by atoms with E-state index in [1.807, 2.05) is 31.2 Å². The lowest BCUT2D eigenvalue weighted by Crippen LogP contribution is -2.57. The van der Waals surface area contributed by atoms with Gasteiger partial charge in [0.05, 0.1) is 6.04 Å². The number of nitrogens with zero attached hydrogens (tertiary/aromatic N) is 1. The first-order chi connectivity index (χ1) is 17.8. The molecule has 3 amide bonds. The number of fused-ring (bicyclic) bond motifs is 1. The lowest BCUT2D eigenvalue weighted by Gasteiger charge is -2.29. The summed E-state index contributed by atoms with van der Waals surface area (Å²) in [6.45, 7) is 4.92. The largest absolute Gasteiger partial charge is 0.480 e. The van der Waals surface area contributed by atoms with Crippen molar-refractivity contribution in [3.8, 4) is 0 Å². The van der Waals surface area contributed by atoms with Crippen molar-refractivity contribution >= 4 is 34.6 Å². The van der Waals surface area contributed by atoms with Crippen LogP contribution in [-0.4, -0.2) is 75.9 Å². The molecule has 5 N–H and O–H groups in total. The number of carboxylic acid groups (broad SMARTS) is 1. The average molecular weight is 512 g/mol. The Balaban J connectivity index is 1.54. The number of nitrogens with one attached hydrogen (secondary N) is 4. The zero-order valence-corrected chi connectivity index (χ0v) is 21.5. The molecule has 3 heterocycles. The summed E-state index contributed by atoms with van der Waals surface area (Å²) >= 11 is 0. The second-order valence-corrected chi connectivity index (χ2v) is 10.2. The Bertz CT molecular complexity index is 1140. The molecule has 0 bridgehead atoms. The van der Waals surface area contributed by atoms with E-state index in [4.69, 9.17) is 0 Å². The van der Waals surface area contributed by atoms with Crippen LogP contribution in [0.1, 0.15) is 51.5 Å². The monoisotopic (exact) mass is 511 g/mol. The fourth-order valence-electron chi connectivity index (χ4n) is 5.33. The molecule has 2 aliphatic heterocycles. The Labute approximate surface area is 216 Å². The number of benzene rings is 1. The van der Waals surface area contributed by atoms with Gasteiger partial charge >= 0.3 is 5.97 Å². The Hall–Kier alpha value is -3.40. The SMILES string of the molecule is CCC(C)C(NC(=O)C(Cc1c[nH]c2ccccc12)NC(=O)C1CCCN1C(=O)C1CCCN1)C(=O)O. The number of aliphatic carboxylic acids is 1. The maximum absolute atomic E-state index is 13.5. The number of hydrogen-bond donors (Lipinski definition) is 5. The van der Waals surface area contributed by atoms with Gasteiger partial charge in [0.15, 0.2) is 0 Å². The molecular formula is C27H37N5O5. The first kappa shape index (κ1) is 26.7. The normalized spacial score (nSPS) is 21.9. The summed E-state index contributed by atoms with van der Waals surface area (Å²) in [6, 6.07) is 4.66. The van der Waals surface area contributed by atoms with Gasteiger partial charge in [-0.05, 0) is 49.8 Å². The minimum Gasteiger partial charge on any atom is -0.480 e. The van der Waals surface area contributed by atoms with Gasteiger partial charge in [0.25, 0.3) is 0 Å². The van der Waals surface area contributed by atoms with Crippen LogP contribution in [0.15, 0.2) is 30.5 Å². The zero-order valence-electron chi connectivity index (χ0n) is 21.5. The molecule has 2 aromatic rings. The number of carbonyl (C=O) groups is 4. The van der Waals surface area contributed by atoms with E-state index in [-0.39, 0.29) is 30.2 Å². The molecule has 2 fully saturated rings. The Morgan fingerprint density at radius 3 is 2.62 bits per heavy atom. The lowest BCUT2D eigenvalue weighted by atomic mass is 9.98. The molecule has 0 saturated carbocycles. The number of hydrogen-bond acceptors (Lipinski definition) is 5. The fourth-order valence-corrected chi connectivity index (χ4v) is 5.33. The van der Waals surface area contributed by atoms with Gasteiger partial charge in [-0.3, -0.25) is 14.4 Å². The van der Waals surface area contributed by atoms with E-state index in [0.29, 0.717) is 25.8 Å². The molecule has 1 aromatic carbocycles. The molecule has 2 saturated heterocycles. The molecule has 10 heteroatoms. The average Bonchev–Trinajstić information content (AvgIpc) is 3.67. The molecule has 2 aliphatic rings. The number of aromatic nitrogens is 1. The van der Waals surface area contributed by atoms with E-state index < -0.39 is 30.0 Å². The Kier molecular flexibility index (Phi) is 8.48. The second kappa shape index (κ2) is 11.8. The predicted molar refractivity (Wildman–Crippen MR) is 139 cm³/mol. The summed E-state index contributed by atoms with van der Waals surface area (Å²) in [4.78, 5) is 56.6. The summed E-state index contributed by atoms with van der Waals surface area (Å²) in [5.41, 5.74) is 1.74. The third kappa shape index (κ3) is 5.95. The number of aromatic amines is 1. The van der Waals surface area contributed by atoms with Crippen molar-refractivity contribution in [3.63, 3.8) is 0 Å². The van der Waals surface area contributed by atoms with E-state index in [1.165, 1.54) is 0 Å². The van der Waals surface area contributed by atoms with Gasteiger partial charge < -0.3 is 30.9 Å². The van der Waals surface area contributed by atoms with Crippen molar-refractivity contribution in [1.29, 1.82) is 0 Å². The van der Waals surface area contributed by atoms with Crippen LogP contribution in [0.4, 0.5) is 0 Å². The summed E-state index contributed by atoms with van der Waals surface area (Å²) in [7, 11) is 0. The lowest BCUT2D eigenvalue weighted by molar-refractivity contribution is -0.144. The van der Waals surface area contributed by atoms with E-state index in [1.54, 1.807) is 18.0 Å². The first-order valence-corrected chi connectivity index (χ1v) is 13.2. The van der Waals surface area contributed by atoms with E-state index in [2.05, 4.69) is 20.9 Å². The van der Waals surface area contributed by atoms with Crippen molar-refractivity contribution in [2.75, 3.05) is 13.1 Å². The highest BCUT2D eigenvalue weighted by Crippen LogP contribution is 2.23. The van der Waals surface area contributed by atoms with Crippen LogP contribution >= 0.6 is 0 Å². The number of para-hydroxylation sites is 1. The maximum Gasteiger partial charge on any atom is 0.326 e. The molecule has 0 aliphatic carbocycles. The minimum absolute atomic E-state index is 0.0736. The van der Waals surface area contributed by atoms with Crippen LogP contribution in [0, 0.1) is 5.92 Å². The zero-order chi connectivity index (χ0) is 26.5. The van der Waals surface area contributed by atoms with Crippen LogP contribution < -0.4 is 16.0 Å². The van der Waals surface area contributed by atoms with Crippen molar-refractivity contribution in [1.82, 2.24) is 25.8 Å². The number of carbonyl (C=O) groups excluding carboxylic acids is 3. The van der Waals surface area contributed by atoms with Gasteiger partial charge in [-0.15, -0.1) is 0 Å². The van der Waals surface area contributed by atoms with Crippen LogP contribution in [0.5, 0.6) is 0 Å². The van der Waals surface area contributed by atoms with E-state index in [0.717, 1.165) is 35.9 Å². The summed E-state index contributed by atoms with van der Waals surface area (Å²) in [6.07, 6.45) is 5.47. The van der Waals surface area contributed by atoms with E-state index >= 15 is 0 Å². The highest BCUT2D eigenvalue weighted by Gasteiger charge is 2.39. The highest BCUT2D eigenvalue weighted by molar-refractivity contribution is 5.95. The summed E-state index contributed by atoms with van der Waals surface area (Å²) in [5.74, 6) is -2.42. The number of H-pyrrole nitrogens is 1. The molecule has 10 nitrogen and oxygen atoms in total. The van der Waals surface area contributed by atoms with Crippen LogP contribution in [0.2, 0.25) is 0 Å². The number of rotatable bonds is 10. The molecule has 5 unspecified atom stereocenters. The standard InChI is InChI=1S/C27H37N5O5/c1-3-16(2)23(27(36)37)31-24(33)21(14-17-15-29-19-9-5-4-8-18(17)19)30-25(34)22-11-7-13-32(22)26(35)20-10-6-12-28-20/h4-5,8-9,15-16,20-23,28-29H,3,6-7,10-14H2,1-2H3,(H,30,34)(H,31,33)(H,36,37). The molecule has 5 atom stereocenters. The summed E-state index contributed by atoms with van der Waals surface area (Å²) < 4.78 is 0. The third-order valence-corrected chi connectivity index (χ3v) is 7.71. The molecule has 37 heavy (non-hydrogen) atoms. The molecule has 4 rings (SSSR count). The van der Waals surface area contributed by atoms with Gasteiger partial charge in [0, 0.05) is 30.1 Å². The van der Waals surface area contributed by atoms with Crippen LogP contribution in [-0.2, 0) is 25.6 Å².